The smallest absolute Gasteiger partial charge is 0.126 e. The van der Waals surface area contributed by atoms with E-state index in [-0.39, 0.29) is 5.82 Å². The van der Waals surface area contributed by atoms with Crippen LogP contribution in [0.2, 0.25) is 5.02 Å². The Kier molecular flexibility index (Phi) is 15.9. The fraction of sp³-hybridized carbons (Fsp3) is 0.513. The van der Waals surface area contributed by atoms with Crippen molar-refractivity contribution >= 4 is 35.4 Å². The minimum absolute atomic E-state index is 0.353. The molecule has 3 aromatic rings. The molecule has 1 aliphatic rings. The monoisotopic (exact) mass is 634 g/mol. The van der Waals surface area contributed by atoms with Crippen LogP contribution < -0.4 is 15.9 Å². The molecule has 246 valence electrons. The average molecular weight is 635 g/mol. The lowest BCUT2D eigenvalue weighted by atomic mass is 9.95. The standard InChI is InChI=1S/C30H35ClFN3.C9H21N/c1-4-9-30-28(19-33-21(3)34-26-17-24(31)16-25(32)18-26)29(23-14-12-22(5-2)13-15-23)20-35(30)27-10-7-6-8-11-27;1-4-6-7-9-10(3)8-5-2/h9,12-20,27H,4-8,10-11H2,1-3H3,(H,33,34);4-9H2,1-3H3/b28-19-,30-9-;. The van der Waals surface area contributed by atoms with Crippen molar-refractivity contribution in [1.82, 2.24) is 9.47 Å². The first kappa shape index (κ1) is 36.6. The molecule has 0 spiro atoms. The number of aryl methyl sites for hydroxylation is 1. The number of hydrogen-bond acceptors (Lipinski definition) is 2. The van der Waals surface area contributed by atoms with Crippen LogP contribution in [0.5, 0.6) is 0 Å². The second-order valence-corrected chi connectivity index (χ2v) is 12.8. The third-order valence-corrected chi connectivity index (χ3v) is 8.69. The van der Waals surface area contributed by atoms with Crippen LogP contribution in [0.15, 0.2) is 53.7 Å². The van der Waals surface area contributed by atoms with Gasteiger partial charge >= 0.3 is 0 Å². The second-order valence-electron chi connectivity index (χ2n) is 12.3. The van der Waals surface area contributed by atoms with Crippen LogP contribution in [-0.2, 0) is 6.42 Å². The molecule has 0 radical (unpaired) electrons. The van der Waals surface area contributed by atoms with Crippen molar-refractivity contribution in [3.8, 4) is 11.1 Å². The van der Waals surface area contributed by atoms with Crippen LogP contribution in [0.4, 0.5) is 10.1 Å². The van der Waals surface area contributed by atoms with Gasteiger partial charge in [-0.05, 0) is 94.9 Å². The summed E-state index contributed by atoms with van der Waals surface area (Å²) in [5.74, 6) is 0.297. The van der Waals surface area contributed by atoms with E-state index in [1.807, 2.05) is 13.1 Å². The highest BCUT2D eigenvalue weighted by molar-refractivity contribution is 6.30. The molecular weight excluding hydrogens is 579 g/mol. The summed E-state index contributed by atoms with van der Waals surface area (Å²) >= 11 is 6.01. The molecule has 1 aromatic heterocycles. The highest BCUT2D eigenvalue weighted by Gasteiger charge is 2.18. The molecule has 45 heavy (non-hydrogen) atoms. The summed E-state index contributed by atoms with van der Waals surface area (Å²) in [6, 6.07) is 13.8. The van der Waals surface area contributed by atoms with Gasteiger partial charge in [-0.15, -0.1) is 0 Å². The zero-order valence-electron chi connectivity index (χ0n) is 28.6. The highest BCUT2D eigenvalue weighted by atomic mass is 35.5. The van der Waals surface area contributed by atoms with E-state index < -0.39 is 0 Å². The Morgan fingerprint density at radius 1 is 1.00 bits per heavy atom. The van der Waals surface area contributed by atoms with Gasteiger partial charge in [-0.25, -0.2) is 9.38 Å². The van der Waals surface area contributed by atoms with Gasteiger partial charge in [0.05, 0.1) is 0 Å². The number of aliphatic imine (C=N–C) groups is 1. The van der Waals surface area contributed by atoms with Gasteiger partial charge in [0.15, 0.2) is 0 Å². The molecule has 4 nitrogen and oxygen atoms in total. The van der Waals surface area contributed by atoms with Crippen molar-refractivity contribution in [2.45, 2.75) is 111 Å². The SMILES string of the molecule is CC/C=c1/c(=C\N=C(C)Nc2cc(F)cc(Cl)c2)c(-c2ccc(CC)cc2)cn1C1CCCCC1.CCCCCN(C)CCC. The number of aromatic nitrogens is 1. The maximum Gasteiger partial charge on any atom is 0.126 e. The van der Waals surface area contributed by atoms with Gasteiger partial charge in [-0.2, -0.15) is 0 Å². The molecular formula is C39H56ClFN4. The molecule has 0 aliphatic heterocycles. The predicted octanol–water partition coefficient (Wildman–Crippen LogP) is 9.99. The van der Waals surface area contributed by atoms with Crippen molar-refractivity contribution in [3.05, 3.63) is 75.6 Å². The van der Waals surface area contributed by atoms with Crippen LogP contribution in [0.3, 0.4) is 0 Å². The molecule has 0 bridgehead atoms. The normalized spacial score (nSPS) is 15.0. The molecule has 1 heterocycles. The summed E-state index contributed by atoms with van der Waals surface area (Å²) in [5.41, 5.74) is 4.31. The molecule has 4 rings (SSSR count). The van der Waals surface area contributed by atoms with Gasteiger partial charge in [0.1, 0.15) is 11.7 Å². The molecule has 1 aliphatic carbocycles. The van der Waals surface area contributed by atoms with Crippen LogP contribution in [0.1, 0.15) is 110 Å². The average Bonchev–Trinajstić information content (AvgIpc) is 3.38. The van der Waals surface area contributed by atoms with Gasteiger partial charge < -0.3 is 14.8 Å². The number of benzene rings is 2. The fourth-order valence-corrected chi connectivity index (χ4v) is 6.29. The zero-order chi connectivity index (χ0) is 32.6. The molecule has 6 heteroatoms. The number of unbranched alkanes of at least 4 members (excludes halogenated alkanes) is 2. The quantitative estimate of drug-likeness (QED) is 0.122. The Morgan fingerprint density at radius 2 is 1.73 bits per heavy atom. The minimum Gasteiger partial charge on any atom is -0.344 e. The summed E-state index contributed by atoms with van der Waals surface area (Å²) in [6.07, 6.45) is 20.3. The number of nitrogens with one attached hydrogen (secondary N) is 1. The van der Waals surface area contributed by atoms with E-state index in [2.05, 4.69) is 86.1 Å². The van der Waals surface area contributed by atoms with Crippen molar-refractivity contribution in [2.75, 3.05) is 25.5 Å². The lowest BCUT2D eigenvalue weighted by Crippen LogP contribution is -2.32. The van der Waals surface area contributed by atoms with E-state index in [9.17, 15) is 4.39 Å². The third-order valence-electron chi connectivity index (χ3n) is 8.48. The first-order valence-corrected chi connectivity index (χ1v) is 17.6. The number of amidine groups is 1. The van der Waals surface area contributed by atoms with Crippen LogP contribution in [0, 0.1) is 5.82 Å². The third kappa shape index (κ3) is 11.8. The number of hydrogen-bond donors (Lipinski definition) is 1. The lowest BCUT2D eigenvalue weighted by Gasteiger charge is -2.23. The lowest BCUT2D eigenvalue weighted by molar-refractivity contribution is 0.326. The van der Waals surface area contributed by atoms with E-state index in [4.69, 9.17) is 16.6 Å². The first-order valence-electron chi connectivity index (χ1n) is 17.3. The largest absolute Gasteiger partial charge is 0.344 e. The summed E-state index contributed by atoms with van der Waals surface area (Å²) in [5, 5.41) is 5.88. The molecule has 1 fully saturated rings. The first-order chi connectivity index (χ1) is 21.8. The van der Waals surface area contributed by atoms with E-state index in [0.29, 0.717) is 22.6 Å². The van der Waals surface area contributed by atoms with Gasteiger partial charge in [0.25, 0.3) is 0 Å². The number of rotatable bonds is 12. The van der Waals surface area contributed by atoms with Gasteiger partial charge in [0.2, 0.25) is 0 Å². The minimum atomic E-state index is -0.376. The van der Waals surface area contributed by atoms with E-state index in [1.54, 1.807) is 6.07 Å². The Labute approximate surface area is 277 Å². The number of nitrogens with zero attached hydrogens (tertiary/aromatic N) is 3. The van der Waals surface area contributed by atoms with Gasteiger partial charge in [-0.3, -0.25) is 0 Å². The van der Waals surface area contributed by atoms with Crippen molar-refractivity contribution < 1.29 is 4.39 Å². The van der Waals surface area contributed by atoms with Crippen molar-refractivity contribution in [1.29, 1.82) is 0 Å². The van der Waals surface area contributed by atoms with E-state index in [0.717, 1.165) is 18.1 Å². The van der Waals surface area contributed by atoms with Gasteiger partial charge in [-0.1, -0.05) is 102 Å². The van der Waals surface area contributed by atoms with Crippen molar-refractivity contribution in [3.63, 3.8) is 0 Å². The van der Waals surface area contributed by atoms with Crippen LogP contribution in [0.25, 0.3) is 23.4 Å². The predicted molar refractivity (Wildman–Crippen MR) is 195 cm³/mol. The van der Waals surface area contributed by atoms with Crippen molar-refractivity contribution in [2.24, 2.45) is 4.99 Å². The molecule has 0 saturated heterocycles. The Hall–Kier alpha value is -2.89. The molecule has 0 unspecified atom stereocenters. The molecule has 2 aromatic carbocycles. The summed E-state index contributed by atoms with van der Waals surface area (Å²) < 4.78 is 16.3. The Morgan fingerprint density at radius 3 is 2.36 bits per heavy atom. The highest BCUT2D eigenvalue weighted by Crippen LogP contribution is 2.28. The fourth-order valence-electron chi connectivity index (χ4n) is 6.06. The molecule has 0 amide bonds. The summed E-state index contributed by atoms with van der Waals surface area (Å²) in [6.45, 7) is 13.3. The van der Waals surface area contributed by atoms with Gasteiger partial charge in [0, 0.05) is 45.3 Å². The van der Waals surface area contributed by atoms with E-state index in [1.165, 1.54) is 105 Å². The topological polar surface area (TPSA) is 32.6 Å². The maximum atomic E-state index is 13.8. The summed E-state index contributed by atoms with van der Waals surface area (Å²) in [4.78, 5) is 7.16. The molecule has 0 atom stereocenters. The Bertz CT molecular complexity index is 1430. The number of anilines is 1. The summed E-state index contributed by atoms with van der Waals surface area (Å²) in [7, 11) is 2.21. The Balaban J connectivity index is 0.000000477. The zero-order valence-corrected chi connectivity index (χ0v) is 29.4. The molecule has 1 saturated carbocycles. The van der Waals surface area contributed by atoms with Crippen LogP contribution >= 0.6 is 11.6 Å². The molecule has 1 N–H and O–H groups in total. The second kappa shape index (κ2) is 19.6. The number of halogens is 2. The van der Waals surface area contributed by atoms with Crippen LogP contribution in [-0.4, -0.2) is 35.4 Å². The maximum absolute atomic E-state index is 13.8. The van der Waals surface area contributed by atoms with E-state index >= 15 is 0 Å².